The van der Waals surface area contributed by atoms with E-state index in [1.165, 1.54) is 15.9 Å². The summed E-state index contributed by atoms with van der Waals surface area (Å²) in [4.78, 5) is 44.3. The molecule has 2 heterocycles. The van der Waals surface area contributed by atoms with Crippen LogP contribution in [0.3, 0.4) is 0 Å². The Hall–Kier alpha value is -2.19. The molecule has 1 aromatic heterocycles. The average Bonchev–Trinajstić information content (AvgIpc) is 3.03. The molecule has 3 amide bonds. The fourth-order valence-electron chi connectivity index (χ4n) is 3.02. The fraction of sp³-hybridized carbons (Fsp3) is 0.571. The van der Waals surface area contributed by atoms with Crippen LogP contribution in [0.4, 0.5) is 0 Å². The zero-order valence-electron chi connectivity index (χ0n) is 18.0. The van der Waals surface area contributed by atoms with Crippen molar-refractivity contribution in [2.24, 2.45) is 0 Å². The van der Waals surface area contributed by atoms with Crippen LogP contribution in [-0.4, -0.2) is 84.3 Å². The molecule has 7 nitrogen and oxygen atoms in total. The monoisotopic (exact) mass is 420 g/mol. The molecule has 1 aromatic rings. The highest BCUT2D eigenvalue weighted by Gasteiger charge is 2.24. The van der Waals surface area contributed by atoms with E-state index in [9.17, 15) is 14.4 Å². The normalized spacial score (nSPS) is 15.6. The molecule has 0 aromatic carbocycles. The van der Waals surface area contributed by atoms with Gasteiger partial charge in [-0.15, -0.1) is 11.3 Å². The maximum atomic E-state index is 12.5. The number of nitrogens with one attached hydrogen (secondary N) is 1. The van der Waals surface area contributed by atoms with E-state index < -0.39 is 0 Å². The van der Waals surface area contributed by atoms with Crippen molar-refractivity contribution in [3.8, 4) is 0 Å². The fourth-order valence-corrected chi connectivity index (χ4v) is 3.80. The maximum Gasteiger partial charge on any atom is 0.246 e. The molecule has 160 valence electrons. The quantitative estimate of drug-likeness (QED) is 0.710. The summed E-state index contributed by atoms with van der Waals surface area (Å²) < 4.78 is 0. The molecule has 1 N–H and O–H groups in total. The lowest BCUT2D eigenvalue weighted by Gasteiger charge is -2.35. The summed E-state index contributed by atoms with van der Waals surface area (Å²) in [6.07, 6.45) is 3.28. The third-order valence-corrected chi connectivity index (χ3v) is 5.47. The standard InChI is InChI=1S/C21H32N4O3S/c1-16-6-7-17(29-16)8-9-19(27)23(5)15-20(28)25-12-10-24(11-13-25)14-18(26)22-21(2,3)4/h6-9H,10-15H2,1-5H3,(H,22,26)/b9-8+. The summed E-state index contributed by atoms with van der Waals surface area (Å²) in [5.41, 5.74) is -0.247. The van der Waals surface area contributed by atoms with E-state index in [4.69, 9.17) is 0 Å². The summed E-state index contributed by atoms with van der Waals surface area (Å²) in [6, 6.07) is 3.98. The first-order chi connectivity index (χ1) is 13.5. The Morgan fingerprint density at radius 1 is 1.17 bits per heavy atom. The molecule has 1 aliphatic rings. The smallest absolute Gasteiger partial charge is 0.246 e. The van der Waals surface area contributed by atoms with Crippen molar-refractivity contribution in [3.63, 3.8) is 0 Å². The minimum absolute atomic E-state index is 0.00433. The van der Waals surface area contributed by atoms with E-state index in [-0.39, 0.29) is 29.8 Å². The highest BCUT2D eigenvalue weighted by Crippen LogP contribution is 2.16. The first kappa shape index (κ1) is 23.1. The van der Waals surface area contributed by atoms with E-state index in [1.54, 1.807) is 29.4 Å². The van der Waals surface area contributed by atoms with E-state index in [0.29, 0.717) is 32.7 Å². The number of piperazine rings is 1. The van der Waals surface area contributed by atoms with Crippen LogP contribution in [0.1, 0.15) is 30.5 Å². The molecule has 0 radical (unpaired) electrons. The number of likely N-dealkylation sites (N-methyl/N-ethyl adjacent to an activating group) is 1. The van der Waals surface area contributed by atoms with Gasteiger partial charge in [-0.2, -0.15) is 0 Å². The summed E-state index contributed by atoms with van der Waals surface area (Å²) in [5, 5.41) is 2.95. The first-order valence-electron chi connectivity index (χ1n) is 9.84. The van der Waals surface area contributed by atoms with Gasteiger partial charge in [0.25, 0.3) is 0 Å². The molecule has 0 atom stereocenters. The largest absolute Gasteiger partial charge is 0.350 e. The zero-order chi connectivity index (χ0) is 21.6. The Kier molecular flexibility index (Phi) is 7.98. The maximum absolute atomic E-state index is 12.5. The number of carbonyl (C=O) groups excluding carboxylic acids is 3. The number of amides is 3. The van der Waals surface area contributed by atoms with E-state index in [0.717, 1.165) is 4.88 Å². The molecule has 0 unspecified atom stereocenters. The van der Waals surface area contributed by atoms with Gasteiger partial charge < -0.3 is 15.1 Å². The van der Waals surface area contributed by atoms with Gasteiger partial charge in [-0.25, -0.2) is 0 Å². The van der Waals surface area contributed by atoms with Gasteiger partial charge in [0.05, 0.1) is 13.1 Å². The number of hydrogen-bond donors (Lipinski definition) is 1. The second-order valence-electron chi connectivity index (χ2n) is 8.43. The summed E-state index contributed by atoms with van der Waals surface area (Å²) in [6.45, 7) is 10.7. The Balaban J connectivity index is 1.75. The van der Waals surface area contributed by atoms with Crippen LogP contribution in [0.15, 0.2) is 18.2 Å². The number of thiophene rings is 1. The van der Waals surface area contributed by atoms with Gasteiger partial charge in [0.2, 0.25) is 17.7 Å². The third kappa shape index (κ3) is 7.98. The number of carbonyl (C=O) groups is 3. The Bertz CT molecular complexity index is 758. The average molecular weight is 421 g/mol. The summed E-state index contributed by atoms with van der Waals surface area (Å²) >= 11 is 1.62. The van der Waals surface area contributed by atoms with Crippen LogP contribution < -0.4 is 5.32 Å². The first-order valence-corrected chi connectivity index (χ1v) is 10.7. The third-order valence-electron chi connectivity index (χ3n) is 4.51. The minimum atomic E-state index is -0.247. The molecule has 0 spiro atoms. The lowest BCUT2D eigenvalue weighted by Crippen LogP contribution is -2.54. The summed E-state index contributed by atoms with van der Waals surface area (Å²) in [7, 11) is 1.64. The van der Waals surface area contributed by atoms with Crippen molar-refractivity contribution < 1.29 is 14.4 Å². The SMILES string of the molecule is Cc1ccc(/C=C/C(=O)N(C)CC(=O)N2CCN(CC(=O)NC(C)(C)C)CC2)s1. The van der Waals surface area contributed by atoms with Gasteiger partial charge in [-0.1, -0.05) is 0 Å². The van der Waals surface area contributed by atoms with Gasteiger partial charge in [-0.05, 0) is 45.9 Å². The van der Waals surface area contributed by atoms with Gasteiger partial charge in [0.1, 0.15) is 0 Å². The predicted octanol–water partition coefficient (Wildman–Crippen LogP) is 1.59. The van der Waals surface area contributed by atoms with Crippen molar-refractivity contribution in [1.29, 1.82) is 0 Å². The summed E-state index contributed by atoms with van der Waals surface area (Å²) in [5.74, 6) is -0.266. The molecule has 1 saturated heterocycles. The highest BCUT2D eigenvalue weighted by molar-refractivity contribution is 7.12. The topological polar surface area (TPSA) is 73.0 Å². The molecule has 29 heavy (non-hydrogen) atoms. The van der Waals surface area contributed by atoms with Crippen molar-refractivity contribution in [3.05, 3.63) is 28.0 Å². The number of nitrogens with zero attached hydrogens (tertiary/aromatic N) is 3. The predicted molar refractivity (Wildman–Crippen MR) is 117 cm³/mol. The molecule has 8 heteroatoms. The van der Waals surface area contributed by atoms with Crippen molar-refractivity contribution in [2.75, 3.05) is 46.3 Å². The van der Waals surface area contributed by atoms with Crippen LogP contribution in [0.5, 0.6) is 0 Å². The van der Waals surface area contributed by atoms with Gasteiger partial charge in [0.15, 0.2) is 0 Å². The van der Waals surface area contributed by atoms with E-state index >= 15 is 0 Å². The highest BCUT2D eigenvalue weighted by atomic mass is 32.1. The van der Waals surface area contributed by atoms with Crippen molar-refractivity contribution in [2.45, 2.75) is 33.2 Å². The Morgan fingerprint density at radius 3 is 2.38 bits per heavy atom. The van der Waals surface area contributed by atoms with Crippen molar-refractivity contribution in [1.82, 2.24) is 20.0 Å². The second kappa shape index (κ2) is 10.0. The number of rotatable bonds is 6. The molecule has 1 aliphatic heterocycles. The van der Waals surface area contributed by atoms with Crippen LogP contribution in [0.2, 0.25) is 0 Å². The van der Waals surface area contributed by atoms with Gasteiger partial charge >= 0.3 is 0 Å². The lowest BCUT2D eigenvalue weighted by molar-refractivity contribution is -0.138. The van der Waals surface area contributed by atoms with Crippen LogP contribution >= 0.6 is 11.3 Å². The zero-order valence-corrected chi connectivity index (χ0v) is 18.8. The molecule has 2 rings (SSSR count). The second-order valence-corrected chi connectivity index (χ2v) is 9.75. The molecule has 0 saturated carbocycles. The van der Waals surface area contributed by atoms with Crippen LogP contribution in [0.25, 0.3) is 6.08 Å². The van der Waals surface area contributed by atoms with Crippen LogP contribution in [-0.2, 0) is 14.4 Å². The number of aryl methyl sites for hydroxylation is 1. The molecule has 0 bridgehead atoms. The molecular formula is C21H32N4O3S. The molecule has 0 aliphatic carbocycles. The van der Waals surface area contributed by atoms with Gasteiger partial charge in [0, 0.05) is 54.6 Å². The van der Waals surface area contributed by atoms with Crippen molar-refractivity contribution >= 4 is 35.1 Å². The Morgan fingerprint density at radius 2 is 1.83 bits per heavy atom. The molecular weight excluding hydrogens is 388 g/mol. The lowest BCUT2D eigenvalue weighted by atomic mass is 10.1. The number of hydrogen-bond acceptors (Lipinski definition) is 5. The Labute approximate surface area is 177 Å². The molecule has 1 fully saturated rings. The van der Waals surface area contributed by atoms with Gasteiger partial charge in [-0.3, -0.25) is 19.3 Å². The van der Waals surface area contributed by atoms with E-state index in [1.807, 2.05) is 44.7 Å². The minimum Gasteiger partial charge on any atom is -0.350 e. The van der Waals surface area contributed by atoms with E-state index in [2.05, 4.69) is 5.32 Å². The van der Waals surface area contributed by atoms with Crippen LogP contribution in [0, 0.1) is 6.92 Å².